The van der Waals surface area contributed by atoms with Crippen LogP contribution in [-0.4, -0.2) is 16.7 Å². The summed E-state index contributed by atoms with van der Waals surface area (Å²) in [5.74, 6) is 2.59. The molecule has 90 valence electrons. The quantitative estimate of drug-likeness (QED) is 0.833. The molecule has 2 N–H and O–H groups in total. The second-order valence-electron chi connectivity index (χ2n) is 4.80. The minimum absolute atomic E-state index is 0.339. The Hall–Kier alpha value is -0.900. The van der Waals surface area contributed by atoms with Crippen molar-refractivity contribution in [1.82, 2.24) is 10.1 Å². The molecular formula is C12H21N3O. The molecule has 1 aliphatic carbocycles. The molecule has 0 bridgehead atoms. The van der Waals surface area contributed by atoms with Crippen molar-refractivity contribution >= 4 is 0 Å². The van der Waals surface area contributed by atoms with E-state index < -0.39 is 0 Å². The van der Waals surface area contributed by atoms with Crippen molar-refractivity contribution in [3.63, 3.8) is 0 Å². The lowest BCUT2D eigenvalue weighted by atomic mass is 10.1. The van der Waals surface area contributed by atoms with Gasteiger partial charge in [-0.3, -0.25) is 0 Å². The van der Waals surface area contributed by atoms with Gasteiger partial charge in [0.1, 0.15) is 0 Å². The SMILES string of the molecule is CC(CCCN)c1nc(C2CCCC2)no1. The summed E-state index contributed by atoms with van der Waals surface area (Å²) in [6, 6.07) is 0. The maximum atomic E-state index is 5.49. The molecule has 1 aliphatic rings. The second kappa shape index (κ2) is 5.43. The third-order valence-corrected chi connectivity index (χ3v) is 3.44. The van der Waals surface area contributed by atoms with E-state index in [4.69, 9.17) is 10.3 Å². The first-order chi connectivity index (χ1) is 7.81. The van der Waals surface area contributed by atoms with Crippen LogP contribution in [0.2, 0.25) is 0 Å². The van der Waals surface area contributed by atoms with E-state index in [1.807, 2.05) is 0 Å². The van der Waals surface area contributed by atoms with Gasteiger partial charge in [0.2, 0.25) is 5.89 Å². The van der Waals surface area contributed by atoms with Crippen molar-refractivity contribution < 1.29 is 4.52 Å². The number of nitrogens with two attached hydrogens (primary N) is 1. The van der Waals surface area contributed by atoms with E-state index in [0.29, 0.717) is 11.8 Å². The Morgan fingerprint density at radius 1 is 1.44 bits per heavy atom. The Bertz CT molecular complexity index is 318. The lowest BCUT2D eigenvalue weighted by molar-refractivity contribution is 0.346. The highest BCUT2D eigenvalue weighted by molar-refractivity contribution is 5.00. The molecule has 1 aromatic heterocycles. The Kier molecular flexibility index (Phi) is 3.93. The molecule has 1 heterocycles. The maximum absolute atomic E-state index is 5.49. The van der Waals surface area contributed by atoms with Crippen LogP contribution in [0.4, 0.5) is 0 Å². The van der Waals surface area contributed by atoms with Crippen LogP contribution in [0.3, 0.4) is 0 Å². The van der Waals surface area contributed by atoms with Gasteiger partial charge in [0.05, 0.1) is 0 Å². The topological polar surface area (TPSA) is 64.9 Å². The monoisotopic (exact) mass is 223 g/mol. The van der Waals surface area contributed by atoms with Gasteiger partial charge in [-0.05, 0) is 32.2 Å². The van der Waals surface area contributed by atoms with Crippen molar-refractivity contribution in [2.45, 2.75) is 57.3 Å². The van der Waals surface area contributed by atoms with E-state index in [0.717, 1.165) is 31.1 Å². The molecule has 1 fully saturated rings. The summed E-state index contributed by atoms with van der Waals surface area (Å²) in [4.78, 5) is 4.53. The van der Waals surface area contributed by atoms with E-state index in [1.165, 1.54) is 25.7 Å². The number of hydrogen-bond acceptors (Lipinski definition) is 4. The van der Waals surface area contributed by atoms with Crippen molar-refractivity contribution in [3.05, 3.63) is 11.7 Å². The van der Waals surface area contributed by atoms with Crippen LogP contribution in [0.25, 0.3) is 0 Å². The van der Waals surface area contributed by atoms with Crippen molar-refractivity contribution in [2.24, 2.45) is 5.73 Å². The highest BCUT2D eigenvalue weighted by Crippen LogP contribution is 2.33. The van der Waals surface area contributed by atoms with E-state index in [-0.39, 0.29) is 0 Å². The fraction of sp³-hybridized carbons (Fsp3) is 0.833. The Morgan fingerprint density at radius 3 is 2.88 bits per heavy atom. The highest BCUT2D eigenvalue weighted by atomic mass is 16.5. The first kappa shape index (κ1) is 11.6. The molecule has 4 nitrogen and oxygen atoms in total. The fourth-order valence-electron chi connectivity index (χ4n) is 2.34. The molecule has 1 unspecified atom stereocenters. The molecule has 0 aliphatic heterocycles. The minimum atomic E-state index is 0.339. The minimum Gasteiger partial charge on any atom is -0.339 e. The fourth-order valence-corrected chi connectivity index (χ4v) is 2.34. The summed E-state index contributed by atoms with van der Waals surface area (Å²) in [6.45, 7) is 2.86. The molecule has 1 atom stereocenters. The Morgan fingerprint density at radius 2 is 2.19 bits per heavy atom. The number of rotatable bonds is 5. The average molecular weight is 223 g/mol. The predicted octanol–water partition coefficient (Wildman–Crippen LogP) is 2.57. The van der Waals surface area contributed by atoms with Crippen molar-refractivity contribution in [3.8, 4) is 0 Å². The van der Waals surface area contributed by atoms with Gasteiger partial charge in [-0.25, -0.2) is 0 Å². The smallest absolute Gasteiger partial charge is 0.229 e. The van der Waals surface area contributed by atoms with Gasteiger partial charge in [-0.2, -0.15) is 4.98 Å². The lowest BCUT2D eigenvalue weighted by Gasteiger charge is -2.04. The van der Waals surface area contributed by atoms with Gasteiger partial charge < -0.3 is 10.3 Å². The van der Waals surface area contributed by atoms with E-state index in [1.54, 1.807) is 0 Å². The largest absolute Gasteiger partial charge is 0.339 e. The number of hydrogen-bond donors (Lipinski definition) is 1. The van der Waals surface area contributed by atoms with E-state index in [9.17, 15) is 0 Å². The van der Waals surface area contributed by atoms with Crippen molar-refractivity contribution in [2.75, 3.05) is 6.54 Å². The number of nitrogens with zero attached hydrogens (tertiary/aromatic N) is 2. The molecule has 2 rings (SSSR count). The first-order valence-corrected chi connectivity index (χ1v) is 6.35. The molecular weight excluding hydrogens is 202 g/mol. The van der Waals surface area contributed by atoms with Crippen LogP contribution >= 0.6 is 0 Å². The van der Waals surface area contributed by atoms with Crippen LogP contribution < -0.4 is 5.73 Å². The molecule has 1 saturated carbocycles. The maximum Gasteiger partial charge on any atom is 0.229 e. The summed E-state index contributed by atoms with van der Waals surface area (Å²) in [7, 11) is 0. The molecule has 0 amide bonds. The molecule has 0 aromatic carbocycles. The first-order valence-electron chi connectivity index (χ1n) is 6.35. The van der Waals surface area contributed by atoms with Gasteiger partial charge >= 0.3 is 0 Å². The summed E-state index contributed by atoms with van der Waals surface area (Å²) in [5, 5.41) is 4.11. The molecule has 0 radical (unpaired) electrons. The molecule has 0 saturated heterocycles. The third-order valence-electron chi connectivity index (χ3n) is 3.44. The van der Waals surface area contributed by atoms with Crippen LogP contribution in [0.1, 0.15) is 69.0 Å². The van der Waals surface area contributed by atoms with E-state index >= 15 is 0 Å². The second-order valence-corrected chi connectivity index (χ2v) is 4.80. The zero-order valence-electron chi connectivity index (χ0n) is 9.98. The van der Waals surface area contributed by atoms with Crippen molar-refractivity contribution in [1.29, 1.82) is 0 Å². The van der Waals surface area contributed by atoms with Crippen LogP contribution in [0.15, 0.2) is 4.52 Å². The summed E-state index contributed by atoms with van der Waals surface area (Å²) < 4.78 is 5.33. The highest BCUT2D eigenvalue weighted by Gasteiger charge is 2.23. The van der Waals surface area contributed by atoms with Crippen LogP contribution in [0.5, 0.6) is 0 Å². The lowest BCUT2D eigenvalue weighted by Crippen LogP contribution is -2.02. The predicted molar refractivity (Wildman–Crippen MR) is 62.2 cm³/mol. The van der Waals surface area contributed by atoms with E-state index in [2.05, 4.69) is 17.1 Å². The normalized spacial score (nSPS) is 19.1. The van der Waals surface area contributed by atoms with Gasteiger partial charge in [0.15, 0.2) is 5.82 Å². The van der Waals surface area contributed by atoms with Gasteiger partial charge in [-0.15, -0.1) is 0 Å². The Labute approximate surface area is 96.6 Å². The van der Waals surface area contributed by atoms with Crippen LogP contribution in [-0.2, 0) is 0 Å². The third kappa shape index (κ3) is 2.61. The molecule has 16 heavy (non-hydrogen) atoms. The number of aromatic nitrogens is 2. The standard InChI is InChI=1S/C12H21N3O/c1-9(5-4-8-13)12-14-11(15-16-12)10-6-2-3-7-10/h9-10H,2-8,13H2,1H3. The molecule has 4 heteroatoms. The summed E-state index contributed by atoms with van der Waals surface area (Å²) in [5.41, 5.74) is 5.49. The summed E-state index contributed by atoms with van der Waals surface area (Å²) in [6.07, 6.45) is 7.09. The zero-order valence-corrected chi connectivity index (χ0v) is 9.98. The van der Waals surface area contributed by atoms with Gasteiger partial charge in [-0.1, -0.05) is 24.9 Å². The summed E-state index contributed by atoms with van der Waals surface area (Å²) >= 11 is 0. The Balaban J connectivity index is 1.95. The molecule has 0 spiro atoms. The molecule has 1 aromatic rings. The van der Waals surface area contributed by atoms with Crippen LogP contribution in [0, 0.1) is 0 Å². The van der Waals surface area contributed by atoms with Gasteiger partial charge in [0.25, 0.3) is 0 Å². The van der Waals surface area contributed by atoms with Gasteiger partial charge in [0, 0.05) is 11.8 Å². The zero-order chi connectivity index (χ0) is 11.4. The average Bonchev–Trinajstić information content (AvgIpc) is 2.94.